The standard InChI is InChI=1S/C27H15N/c1-2-6-19-16(4-1)14-15-28-27(19)23-13-12-21-20-7-3-5-17-8-9-18-10-11-22(23)26(21)25(18)24(17)20/h1-15H. The van der Waals surface area contributed by atoms with Gasteiger partial charge in [-0.15, -0.1) is 0 Å². The Bertz CT molecular complexity index is 1600. The molecule has 0 unspecified atom stereocenters. The molecule has 0 saturated heterocycles. The van der Waals surface area contributed by atoms with Crippen molar-refractivity contribution in [3.05, 3.63) is 91.1 Å². The first kappa shape index (κ1) is 14.4. The Morgan fingerprint density at radius 3 is 2.14 bits per heavy atom. The number of nitrogens with zero attached hydrogens (tertiary/aromatic N) is 1. The number of aromatic nitrogens is 1. The second-order valence-corrected chi connectivity index (χ2v) is 7.60. The average molecular weight is 353 g/mol. The Morgan fingerprint density at radius 2 is 1.18 bits per heavy atom. The van der Waals surface area contributed by atoms with E-state index in [1.807, 2.05) is 6.20 Å². The Hall–Kier alpha value is -3.71. The van der Waals surface area contributed by atoms with Crippen molar-refractivity contribution in [1.82, 2.24) is 4.98 Å². The fourth-order valence-electron chi connectivity index (χ4n) is 5.03. The summed E-state index contributed by atoms with van der Waals surface area (Å²) in [6.45, 7) is 0. The van der Waals surface area contributed by atoms with Gasteiger partial charge in [0.15, 0.2) is 0 Å². The summed E-state index contributed by atoms with van der Waals surface area (Å²) >= 11 is 0. The summed E-state index contributed by atoms with van der Waals surface area (Å²) < 4.78 is 0. The molecule has 1 aliphatic carbocycles. The van der Waals surface area contributed by atoms with Gasteiger partial charge in [-0.2, -0.15) is 0 Å². The number of hydrogen-bond acceptors (Lipinski definition) is 1. The Labute approximate surface area is 161 Å². The van der Waals surface area contributed by atoms with E-state index in [1.54, 1.807) is 0 Å². The summed E-state index contributed by atoms with van der Waals surface area (Å²) in [7, 11) is 0. The third-order valence-electron chi connectivity index (χ3n) is 6.22. The number of rotatable bonds is 1. The van der Waals surface area contributed by atoms with Crippen LogP contribution in [0.5, 0.6) is 0 Å². The predicted octanol–water partition coefficient (Wildman–Crippen LogP) is 7.34. The molecule has 28 heavy (non-hydrogen) atoms. The highest BCUT2D eigenvalue weighted by atomic mass is 14.7. The van der Waals surface area contributed by atoms with E-state index in [2.05, 4.69) is 84.9 Å². The smallest absolute Gasteiger partial charge is 0.0786 e. The van der Waals surface area contributed by atoms with Gasteiger partial charge in [-0.25, -0.2) is 0 Å². The van der Waals surface area contributed by atoms with Crippen molar-refractivity contribution >= 4 is 43.1 Å². The molecule has 7 rings (SSSR count). The first-order valence-electron chi connectivity index (χ1n) is 9.66. The number of fused-ring (bicyclic) bond motifs is 2. The number of benzene rings is 5. The van der Waals surface area contributed by atoms with Crippen molar-refractivity contribution in [2.75, 3.05) is 0 Å². The zero-order valence-electron chi connectivity index (χ0n) is 15.1. The molecular weight excluding hydrogens is 338 g/mol. The lowest BCUT2D eigenvalue weighted by atomic mass is 9.94. The van der Waals surface area contributed by atoms with Crippen LogP contribution in [0.1, 0.15) is 0 Å². The van der Waals surface area contributed by atoms with Crippen LogP contribution in [0.3, 0.4) is 0 Å². The van der Waals surface area contributed by atoms with E-state index < -0.39 is 0 Å². The fraction of sp³-hybridized carbons (Fsp3) is 0. The maximum atomic E-state index is 4.80. The van der Waals surface area contributed by atoms with Gasteiger partial charge in [0.25, 0.3) is 0 Å². The van der Waals surface area contributed by atoms with Gasteiger partial charge in [0.1, 0.15) is 0 Å². The zero-order valence-corrected chi connectivity index (χ0v) is 15.1. The van der Waals surface area contributed by atoms with Crippen molar-refractivity contribution in [1.29, 1.82) is 0 Å². The second-order valence-electron chi connectivity index (χ2n) is 7.60. The molecule has 0 radical (unpaired) electrons. The van der Waals surface area contributed by atoms with Gasteiger partial charge >= 0.3 is 0 Å². The van der Waals surface area contributed by atoms with Gasteiger partial charge in [0.05, 0.1) is 5.69 Å². The minimum atomic E-state index is 1.06. The first-order chi connectivity index (χ1) is 13.9. The van der Waals surface area contributed by atoms with Crippen LogP contribution in [0.4, 0.5) is 0 Å². The molecule has 0 spiro atoms. The van der Waals surface area contributed by atoms with Gasteiger partial charge in [-0.05, 0) is 54.9 Å². The molecule has 1 heterocycles. The van der Waals surface area contributed by atoms with E-state index in [0.29, 0.717) is 0 Å². The highest BCUT2D eigenvalue weighted by Gasteiger charge is 2.22. The largest absolute Gasteiger partial charge is 0.256 e. The quantitative estimate of drug-likeness (QED) is 0.281. The molecule has 0 fully saturated rings. The van der Waals surface area contributed by atoms with Crippen molar-refractivity contribution in [2.24, 2.45) is 0 Å². The Morgan fingerprint density at radius 1 is 0.429 bits per heavy atom. The van der Waals surface area contributed by atoms with Crippen LogP contribution in [-0.4, -0.2) is 4.98 Å². The van der Waals surface area contributed by atoms with Crippen molar-refractivity contribution in [2.45, 2.75) is 0 Å². The topological polar surface area (TPSA) is 12.9 Å². The lowest BCUT2D eigenvalue weighted by Crippen LogP contribution is -1.88. The van der Waals surface area contributed by atoms with Gasteiger partial charge < -0.3 is 0 Å². The van der Waals surface area contributed by atoms with Crippen LogP contribution in [0, 0.1) is 0 Å². The molecule has 1 aromatic heterocycles. The van der Waals surface area contributed by atoms with Crippen molar-refractivity contribution < 1.29 is 0 Å². The molecule has 6 aromatic rings. The highest BCUT2D eigenvalue weighted by Crippen LogP contribution is 2.49. The van der Waals surface area contributed by atoms with Crippen LogP contribution in [0.25, 0.3) is 65.5 Å². The van der Waals surface area contributed by atoms with Gasteiger partial charge in [0, 0.05) is 17.1 Å². The van der Waals surface area contributed by atoms with Crippen LogP contribution in [0.2, 0.25) is 0 Å². The minimum absolute atomic E-state index is 1.06. The Balaban J connectivity index is 1.70. The second kappa shape index (κ2) is 4.96. The number of pyridine rings is 1. The minimum Gasteiger partial charge on any atom is -0.256 e. The predicted molar refractivity (Wildman–Crippen MR) is 119 cm³/mol. The summed E-state index contributed by atoms with van der Waals surface area (Å²) in [5, 5.41) is 10.5. The van der Waals surface area contributed by atoms with Crippen LogP contribution < -0.4 is 0 Å². The molecule has 1 nitrogen and oxygen atoms in total. The lowest BCUT2D eigenvalue weighted by Gasteiger charge is -2.11. The van der Waals surface area contributed by atoms with E-state index in [4.69, 9.17) is 4.98 Å². The van der Waals surface area contributed by atoms with E-state index in [1.165, 1.54) is 59.8 Å². The average Bonchev–Trinajstić information content (AvgIpc) is 3.11. The molecule has 5 aromatic carbocycles. The Kier molecular flexibility index (Phi) is 2.54. The molecule has 1 aliphatic rings. The summed E-state index contributed by atoms with van der Waals surface area (Å²) in [6, 6.07) is 30.8. The van der Waals surface area contributed by atoms with Crippen LogP contribution in [0.15, 0.2) is 91.1 Å². The van der Waals surface area contributed by atoms with E-state index >= 15 is 0 Å². The van der Waals surface area contributed by atoms with Gasteiger partial charge in [0.2, 0.25) is 0 Å². The molecule has 0 bridgehead atoms. The van der Waals surface area contributed by atoms with Crippen LogP contribution >= 0.6 is 0 Å². The number of hydrogen-bond donors (Lipinski definition) is 0. The van der Waals surface area contributed by atoms with E-state index in [-0.39, 0.29) is 0 Å². The first-order valence-corrected chi connectivity index (χ1v) is 9.66. The monoisotopic (exact) mass is 353 g/mol. The summed E-state index contributed by atoms with van der Waals surface area (Å²) in [5.41, 5.74) is 4.97. The molecule has 0 saturated carbocycles. The fourth-order valence-corrected chi connectivity index (χ4v) is 5.03. The maximum Gasteiger partial charge on any atom is 0.0786 e. The third-order valence-corrected chi connectivity index (χ3v) is 6.22. The van der Waals surface area contributed by atoms with E-state index in [0.717, 1.165) is 5.69 Å². The molecule has 0 N–H and O–H groups in total. The SMILES string of the molecule is c1ccc2c(-c3ccc4c5c3ccc3ccc6cccc-4c6c35)nccc2c1. The highest BCUT2D eigenvalue weighted by molar-refractivity contribution is 6.34. The lowest BCUT2D eigenvalue weighted by molar-refractivity contribution is 1.36. The van der Waals surface area contributed by atoms with E-state index in [9.17, 15) is 0 Å². The summed E-state index contributed by atoms with van der Waals surface area (Å²) in [5.74, 6) is 0. The molecule has 128 valence electrons. The summed E-state index contributed by atoms with van der Waals surface area (Å²) in [4.78, 5) is 4.80. The van der Waals surface area contributed by atoms with Crippen molar-refractivity contribution in [3.63, 3.8) is 0 Å². The molecular formula is C27H15N. The van der Waals surface area contributed by atoms with Gasteiger partial charge in [-0.1, -0.05) is 78.9 Å². The van der Waals surface area contributed by atoms with Crippen molar-refractivity contribution in [3.8, 4) is 22.4 Å². The third kappa shape index (κ3) is 1.65. The maximum absolute atomic E-state index is 4.80. The normalized spacial score (nSPS) is 12.3. The van der Waals surface area contributed by atoms with Gasteiger partial charge in [-0.3, -0.25) is 4.98 Å². The molecule has 1 heteroatoms. The molecule has 0 aliphatic heterocycles. The van der Waals surface area contributed by atoms with Crippen LogP contribution in [-0.2, 0) is 0 Å². The summed E-state index contributed by atoms with van der Waals surface area (Å²) in [6.07, 6.45) is 1.92. The molecule has 0 amide bonds. The molecule has 0 atom stereocenters. The zero-order chi connectivity index (χ0) is 18.2.